The van der Waals surface area contributed by atoms with Crippen molar-refractivity contribution in [3.05, 3.63) is 41.5 Å². The summed E-state index contributed by atoms with van der Waals surface area (Å²) in [5.74, 6) is 0. The highest BCUT2D eigenvalue weighted by Gasteiger charge is 1.97. The minimum atomic E-state index is -0.429. The summed E-state index contributed by atoms with van der Waals surface area (Å²) in [5, 5.41) is 0. The molecule has 0 aliphatic rings. The first kappa shape index (κ1) is 10.6. The van der Waals surface area contributed by atoms with Gasteiger partial charge in [0.25, 0.3) is 0 Å². The van der Waals surface area contributed by atoms with Crippen molar-refractivity contribution in [3.63, 3.8) is 0 Å². The third kappa shape index (κ3) is 3.41. The largest absolute Gasteiger partial charge is 0.126 e. The van der Waals surface area contributed by atoms with Crippen LogP contribution < -0.4 is 0 Å². The van der Waals surface area contributed by atoms with Crippen molar-refractivity contribution >= 4 is 28.8 Å². The highest BCUT2D eigenvalue weighted by Crippen LogP contribution is 2.17. The SMILES string of the molecule is CC(=CC(Cl)Cl)c1ccc(C)cc1. The minimum absolute atomic E-state index is 0.429. The van der Waals surface area contributed by atoms with E-state index in [2.05, 4.69) is 31.2 Å². The summed E-state index contributed by atoms with van der Waals surface area (Å²) in [6.45, 7) is 4.07. The molecule has 0 amide bonds. The van der Waals surface area contributed by atoms with Gasteiger partial charge in [-0.3, -0.25) is 0 Å². The first-order valence-electron chi connectivity index (χ1n) is 4.13. The Hall–Kier alpha value is -0.460. The van der Waals surface area contributed by atoms with Crippen LogP contribution >= 0.6 is 23.2 Å². The lowest BCUT2D eigenvalue weighted by Crippen LogP contribution is -1.84. The molecule has 0 bridgehead atoms. The Kier molecular flexibility index (Phi) is 3.83. The van der Waals surface area contributed by atoms with E-state index in [1.165, 1.54) is 5.56 Å². The lowest BCUT2D eigenvalue weighted by Gasteiger charge is -2.02. The van der Waals surface area contributed by atoms with E-state index in [0.29, 0.717) is 0 Å². The number of rotatable bonds is 2. The molecule has 0 saturated heterocycles. The van der Waals surface area contributed by atoms with E-state index in [0.717, 1.165) is 11.1 Å². The maximum atomic E-state index is 5.64. The number of halogens is 2. The summed E-state index contributed by atoms with van der Waals surface area (Å²) in [7, 11) is 0. The lowest BCUT2D eigenvalue weighted by atomic mass is 10.1. The molecule has 0 atom stereocenters. The average Bonchev–Trinajstić information content (AvgIpc) is 2.04. The summed E-state index contributed by atoms with van der Waals surface area (Å²) in [6, 6.07) is 8.28. The molecule has 1 rings (SSSR count). The molecule has 2 heteroatoms. The number of hydrogen-bond donors (Lipinski definition) is 0. The Morgan fingerprint density at radius 2 is 1.77 bits per heavy atom. The third-order valence-corrected chi connectivity index (χ3v) is 2.13. The second-order valence-electron chi connectivity index (χ2n) is 3.05. The van der Waals surface area contributed by atoms with E-state index in [1.54, 1.807) is 0 Å². The summed E-state index contributed by atoms with van der Waals surface area (Å²) < 4.78 is 0. The molecular formula is C11H12Cl2. The van der Waals surface area contributed by atoms with Crippen LogP contribution in [-0.4, -0.2) is 4.84 Å². The van der Waals surface area contributed by atoms with Gasteiger partial charge in [-0.25, -0.2) is 0 Å². The van der Waals surface area contributed by atoms with Crippen LogP contribution in [0.5, 0.6) is 0 Å². The Morgan fingerprint density at radius 1 is 1.23 bits per heavy atom. The maximum absolute atomic E-state index is 5.64. The summed E-state index contributed by atoms with van der Waals surface area (Å²) in [6.07, 6.45) is 1.83. The zero-order valence-electron chi connectivity index (χ0n) is 7.72. The minimum Gasteiger partial charge on any atom is -0.101 e. The molecule has 0 N–H and O–H groups in total. The summed E-state index contributed by atoms with van der Waals surface area (Å²) in [4.78, 5) is -0.429. The van der Waals surface area contributed by atoms with Gasteiger partial charge in [0.15, 0.2) is 0 Å². The maximum Gasteiger partial charge on any atom is 0.126 e. The van der Waals surface area contributed by atoms with E-state index in [-0.39, 0.29) is 0 Å². The van der Waals surface area contributed by atoms with Gasteiger partial charge in [0, 0.05) is 0 Å². The van der Waals surface area contributed by atoms with E-state index >= 15 is 0 Å². The van der Waals surface area contributed by atoms with Crippen LogP contribution in [0.1, 0.15) is 18.1 Å². The van der Waals surface area contributed by atoms with Gasteiger partial charge in [-0.2, -0.15) is 0 Å². The Balaban J connectivity index is 2.89. The highest BCUT2D eigenvalue weighted by molar-refractivity contribution is 6.45. The lowest BCUT2D eigenvalue weighted by molar-refractivity contribution is 1.43. The van der Waals surface area contributed by atoms with E-state index < -0.39 is 4.84 Å². The molecule has 0 unspecified atom stereocenters. The number of benzene rings is 1. The second-order valence-corrected chi connectivity index (χ2v) is 4.21. The topological polar surface area (TPSA) is 0 Å². The Morgan fingerprint density at radius 3 is 2.23 bits per heavy atom. The smallest absolute Gasteiger partial charge is 0.101 e. The fraction of sp³-hybridized carbons (Fsp3) is 0.273. The molecule has 1 aromatic rings. The Labute approximate surface area is 89.2 Å². The Bertz CT molecular complexity index is 296. The van der Waals surface area contributed by atoms with Crippen LogP contribution in [0.2, 0.25) is 0 Å². The van der Waals surface area contributed by atoms with Gasteiger partial charge in [0.1, 0.15) is 4.84 Å². The second kappa shape index (κ2) is 4.69. The number of aryl methyl sites for hydroxylation is 1. The van der Waals surface area contributed by atoms with Gasteiger partial charge in [-0.15, -0.1) is 23.2 Å². The first-order chi connectivity index (χ1) is 6.09. The molecule has 0 aliphatic carbocycles. The van der Waals surface area contributed by atoms with Crippen molar-refractivity contribution in [2.45, 2.75) is 18.7 Å². The standard InChI is InChI=1S/C11H12Cl2/c1-8-3-5-10(6-4-8)9(2)7-11(12)13/h3-7,11H,1-2H3. The van der Waals surface area contributed by atoms with Crippen LogP contribution in [0.3, 0.4) is 0 Å². The van der Waals surface area contributed by atoms with Crippen molar-refractivity contribution in [3.8, 4) is 0 Å². The number of alkyl halides is 2. The fourth-order valence-electron chi connectivity index (χ4n) is 1.10. The molecule has 0 fully saturated rings. The average molecular weight is 215 g/mol. The molecular weight excluding hydrogens is 203 g/mol. The normalized spacial score (nSPS) is 12.2. The molecule has 0 spiro atoms. The molecule has 0 nitrogen and oxygen atoms in total. The number of allylic oxidation sites excluding steroid dienone is 2. The van der Waals surface area contributed by atoms with E-state index in [1.807, 2.05) is 13.0 Å². The quantitative estimate of drug-likeness (QED) is 0.648. The van der Waals surface area contributed by atoms with E-state index in [9.17, 15) is 0 Å². The molecule has 1 aromatic carbocycles. The van der Waals surface area contributed by atoms with Crippen molar-refractivity contribution in [2.24, 2.45) is 0 Å². The van der Waals surface area contributed by atoms with Crippen molar-refractivity contribution in [1.29, 1.82) is 0 Å². The van der Waals surface area contributed by atoms with Gasteiger partial charge in [-0.05, 0) is 31.1 Å². The molecule has 0 aromatic heterocycles. The van der Waals surface area contributed by atoms with Crippen molar-refractivity contribution in [1.82, 2.24) is 0 Å². The molecule has 0 heterocycles. The zero-order valence-corrected chi connectivity index (χ0v) is 9.23. The van der Waals surface area contributed by atoms with Gasteiger partial charge in [0.05, 0.1) is 0 Å². The third-order valence-electron chi connectivity index (χ3n) is 1.88. The summed E-state index contributed by atoms with van der Waals surface area (Å²) in [5.41, 5.74) is 3.52. The molecule has 70 valence electrons. The van der Waals surface area contributed by atoms with Crippen molar-refractivity contribution < 1.29 is 0 Å². The molecule has 13 heavy (non-hydrogen) atoms. The molecule has 0 radical (unpaired) electrons. The van der Waals surface area contributed by atoms with Crippen LogP contribution in [-0.2, 0) is 0 Å². The van der Waals surface area contributed by atoms with Gasteiger partial charge in [-0.1, -0.05) is 29.8 Å². The van der Waals surface area contributed by atoms with Crippen LogP contribution in [0.4, 0.5) is 0 Å². The van der Waals surface area contributed by atoms with Crippen molar-refractivity contribution in [2.75, 3.05) is 0 Å². The van der Waals surface area contributed by atoms with Crippen LogP contribution in [0.15, 0.2) is 30.3 Å². The molecule has 0 saturated carbocycles. The summed E-state index contributed by atoms with van der Waals surface area (Å²) >= 11 is 11.3. The highest BCUT2D eigenvalue weighted by atomic mass is 35.5. The molecule has 0 aliphatic heterocycles. The fourth-order valence-corrected chi connectivity index (χ4v) is 1.48. The van der Waals surface area contributed by atoms with Gasteiger partial charge in [0.2, 0.25) is 0 Å². The predicted molar refractivity (Wildman–Crippen MR) is 60.3 cm³/mol. The van der Waals surface area contributed by atoms with Crippen LogP contribution in [0.25, 0.3) is 5.57 Å². The number of hydrogen-bond acceptors (Lipinski definition) is 0. The first-order valence-corrected chi connectivity index (χ1v) is 5.00. The van der Waals surface area contributed by atoms with Gasteiger partial charge >= 0.3 is 0 Å². The zero-order chi connectivity index (χ0) is 9.84. The monoisotopic (exact) mass is 214 g/mol. The predicted octanol–water partition coefficient (Wildman–Crippen LogP) is 4.20. The van der Waals surface area contributed by atoms with E-state index in [4.69, 9.17) is 23.2 Å². The van der Waals surface area contributed by atoms with Crippen LogP contribution in [0, 0.1) is 6.92 Å². The van der Waals surface area contributed by atoms with Gasteiger partial charge < -0.3 is 0 Å².